The third kappa shape index (κ3) is 7.17. The Bertz CT molecular complexity index is 3510. The van der Waals surface area contributed by atoms with Gasteiger partial charge in [-0.05, 0) is 114 Å². The highest BCUT2D eigenvalue weighted by Gasteiger charge is 2.46. The average Bonchev–Trinajstić information content (AvgIpc) is 3.71. The molecule has 1 aliphatic carbocycles. The molecule has 0 fully saturated rings. The lowest BCUT2D eigenvalue weighted by Crippen LogP contribution is -2.28. The molecule has 0 spiro atoms. The van der Waals surface area contributed by atoms with Gasteiger partial charge < -0.3 is 0 Å². The van der Waals surface area contributed by atoms with Crippen molar-refractivity contribution in [3.8, 4) is 89.5 Å². The molecule has 0 N–H and O–H groups in total. The Morgan fingerprint density at radius 2 is 0.642 bits per heavy atom. The van der Waals surface area contributed by atoms with Crippen molar-refractivity contribution in [2.45, 2.75) is 5.41 Å². The lowest BCUT2D eigenvalue weighted by molar-refractivity contribution is 0.769. The highest BCUT2D eigenvalue weighted by atomic mass is 14.9. The summed E-state index contributed by atoms with van der Waals surface area (Å²) in [6.07, 6.45) is 0. The van der Waals surface area contributed by atoms with Gasteiger partial charge in [-0.3, -0.25) is 0 Å². The van der Waals surface area contributed by atoms with Crippen molar-refractivity contribution in [1.82, 2.24) is 9.97 Å². The van der Waals surface area contributed by atoms with Gasteiger partial charge in [-0.15, -0.1) is 0 Å². The summed E-state index contributed by atoms with van der Waals surface area (Å²) in [5.41, 5.74) is 21.2. The van der Waals surface area contributed by atoms with E-state index in [-0.39, 0.29) is 0 Å². The number of rotatable bonds is 9. The summed E-state index contributed by atoms with van der Waals surface area (Å²) in [7, 11) is 0. The largest absolute Gasteiger partial charge is 0.228 e. The summed E-state index contributed by atoms with van der Waals surface area (Å²) in [5.74, 6) is 0.683. The third-order valence-corrected chi connectivity index (χ3v) is 13.4. The SMILES string of the molecule is c1ccc(-c2cccc(-c3cc(-c4ccccc4)nc(-c4cccc(-c5cccc(-c6cc7c(cc6-c6ccccc6)-c6ccccc6C7(c6ccccc6)c6ccccc6)c5)c4)n3)c2)cc1. The van der Waals surface area contributed by atoms with Crippen LogP contribution in [0.15, 0.2) is 267 Å². The van der Waals surface area contributed by atoms with Gasteiger partial charge in [0.25, 0.3) is 0 Å². The van der Waals surface area contributed by atoms with Crippen molar-refractivity contribution in [3.63, 3.8) is 0 Å². The molecule has 0 bridgehead atoms. The quantitative estimate of drug-likeness (QED) is 0.145. The lowest BCUT2D eigenvalue weighted by Gasteiger charge is -2.34. The Hall–Kier alpha value is -8.72. The van der Waals surface area contributed by atoms with E-state index >= 15 is 0 Å². The molecule has 0 saturated heterocycles. The second-order valence-electron chi connectivity index (χ2n) is 17.3. The summed E-state index contributed by atoms with van der Waals surface area (Å²) >= 11 is 0. The molecular formula is C65H44N2. The highest BCUT2D eigenvalue weighted by molar-refractivity contribution is 5.95. The molecule has 0 radical (unpaired) electrons. The maximum atomic E-state index is 5.28. The number of benzene rings is 10. The molecule has 11 aromatic rings. The molecule has 0 aliphatic heterocycles. The first kappa shape index (κ1) is 39.8. The van der Waals surface area contributed by atoms with Crippen molar-refractivity contribution in [3.05, 3.63) is 289 Å². The molecule has 0 unspecified atom stereocenters. The van der Waals surface area contributed by atoms with Gasteiger partial charge in [0.05, 0.1) is 16.8 Å². The predicted molar refractivity (Wildman–Crippen MR) is 277 cm³/mol. The van der Waals surface area contributed by atoms with Crippen LogP contribution in [0.3, 0.4) is 0 Å². The minimum Gasteiger partial charge on any atom is -0.228 e. The third-order valence-electron chi connectivity index (χ3n) is 13.4. The number of aromatic nitrogens is 2. The molecule has 0 atom stereocenters. The van der Waals surface area contributed by atoms with Crippen molar-refractivity contribution in [2.75, 3.05) is 0 Å². The van der Waals surface area contributed by atoms with Gasteiger partial charge in [-0.25, -0.2) is 9.97 Å². The van der Waals surface area contributed by atoms with Gasteiger partial charge in [-0.1, -0.05) is 231 Å². The normalized spacial score (nSPS) is 12.3. The van der Waals surface area contributed by atoms with Crippen LogP contribution in [-0.4, -0.2) is 9.97 Å². The predicted octanol–water partition coefficient (Wildman–Crippen LogP) is 16.5. The molecule has 0 amide bonds. The molecule has 2 nitrogen and oxygen atoms in total. The second-order valence-corrected chi connectivity index (χ2v) is 17.3. The minimum absolute atomic E-state index is 0.514. The Balaban J connectivity index is 1.01. The van der Waals surface area contributed by atoms with Gasteiger partial charge in [0.15, 0.2) is 5.82 Å². The first-order valence-electron chi connectivity index (χ1n) is 23.0. The number of fused-ring (bicyclic) bond motifs is 3. The van der Waals surface area contributed by atoms with Crippen molar-refractivity contribution < 1.29 is 0 Å². The van der Waals surface area contributed by atoms with Crippen LogP contribution >= 0.6 is 0 Å². The van der Waals surface area contributed by atoms with Crippen LogP contribution in [0.25, 0.3) is 89.5 Å². The van der Waals surface area contributed by atoms with E-state index in [9.17, 15) is 0 Å². The minimum atomic E-state index is -0.514. The summed E-state index contributed by atoms with van der Waals surface area (Å²) in [6, 6.07) is 96.2. The summed E-state index contributed by atoms with van der Waals surface area (Å²) < 4.78 is 0. The van der Waals surface area contributed by atoms with Gasteiger partial charge in [0.2, 0.25) is 0 Å². The van der Waals surface area contributed by atoms with Crippen LogP contribution in [0.4, 0.5) is 0 Å². The Morgan fingerprint density at radius 1 is 0.224 bits per heavy atom. The van der Waals surface area contributed by atoms with E-state index in [0.717, 1.165) is 50.3 Å². The smallest absolute Gasteiger partial charge is 0.160 e. The van der Waals surface area contributed by atoms with E-state index in [2.05, 4.69) is 261 Å². The molecule has 1 aliphatic rings. The molecule has 12 rings (SSSR count). The number of hydrogen-bond acceptors (Lipinski definition) is 2. The van der Waals surface area contributed by atoms with Crippen LogP contribution in [0.1, 0.15) is 22.3 Å². The maximum absolute atomic E-state index is 5.28. The maximum Gasteiger partial charge on any atom is 0.160 e. The van der Waals surface area contributed by atoms with Gasteiger partial charge >= 0.3 is 0 Å². The Kier molecular flexibility index (Phi) is 10.1. The van der Waals surface area contributed by atoms with Gasteiger partial charge in [0.1, 0.15) is 0 Å². The summed E-state index contributed by atoms with van der Waals surface area (Å²) in [5, 5.41) is 0. The van der Waals surface area contributed by atoms with Crippen LogP contribution in [0.2, 0.25) is 0 Å². The zero-order valence-corrected chi connectivity index (χ0v) is 36.8. The average molecular weight is 853 g/mol. The fourth-order valence-corrected chi connectivity index (χ4v) is 10.3. The molecule has 67 heavy (non-hydrogen) atoms. The van der Waals surface area contributed by atoms with Crippen LogP contribution in [0.5, 0.6) is 0 Å². The van der Waals surface area contributed by atoms with Gasteiger partial charge in [-0.2, -0.15) is 0 Å². The van der Waals surface area contributed by atoms with E-state index in [4.69, 9.17) is 9.97 Å². The van der Waals surface area contributed by atoms with E-state index in [1.807, 2.05) is 6.07 Å². The molecule has 1 heterocycles. The van der Waals surface area contributed by atoms with Crippen LogP contribution < -0.4 is 0 Å². The van der Waals surface area contributed by atoms with E-state index in [1.54, 1.807) is 0 Å². The lowest BCUT2D eigenvalue weighted by atomic mass is 9.67. The van der Waals surface area contributed by atoms with E-state index < -0.39 is 5.41 Å². The fraction of sp³-hybridized carbons (Fsp3) is 0.0154. The van der Waals surface area contributed by atoms with E-state index in [0.29, 0.717) is 5.82 Å². The van der Waals surface area contributed by atoms with Crippen molar-refractivity contribution in [1.29, 1.82) is 0 Å². The van der Waals surface area contributed by atoms with E-state index in [1.165, 1.54) is 55.6 Å². The van der Waals surface area contributed by atoms with Gasteiger partial charge in [0, 0.05) is 16.7 Å². The van der Waals surface area contributed by atoms with Crippen LogP contribution in [-0.2, 0) is 5.41 Å². The molecule has 314 valence electrons. The standard InChI is InChI=1S/C65H44N2/c1-6-21-45(22-7-1)48-27-19-31-52(40-48)63-44-62(47-25-10-3-11-26-47)66-64(67-63)53-32-20-29-50(41-53)49-28-18-30-51(39-49)58-43-61-59(42-57(58)46-23-8-2-9-24-46)56-37-16-17-38-60(56)65(61,54-33-12-4-13-34-54)55-35-14-5-15-36-55/h1-44H. The summed E-state index contributed by atoms with van der Waals surface area (Å²) in [6.45, 7) is 0. The highest BCUT2D eigenvalue weighted by Crippen LogP contribution is 2.58. The number of nitrogens with zero attached hydrogens (tertiary/aromatic N) is 2. The summed E-state index contributed by atoms with van der Waals surface area (Å²) in [4.78, 5) is 10.5. The number of hydrogen-bond donors (Lipinski definition) is 0. The monoisotopic (exact) mass is 852 g/mol. The Morgan fingerprint density at radius 3 is 1.27 bits per heavy atom. The van der Waals surface area contributed by atoms with Crippen molar-refractivity contribution >= 4 is 0 Å². The second kappa shape index (κ2) is 17.0. The first-order chi connectivity index (χ1) is 33.2. The zero-order valence-electron chi connectivity index (χ0n) is 36.8. The molecule has 2 heteroatoms. The molecule has 0 saturated carbocycles. The zero-order chi connectivity index (χ0) is 44.6. The molecule has 1 aromatic heterocycles. The molecule has 10 aromatic carbocycles. The van der Waals surface area contributed by atoms with Crippen molar-refractivity contribution in [2.24, 2.45) is 0 Å². The molecular weight excluding hydrogens is 809 g/mol. The topological polar surface area (TPSA) is 25.8 Å². The fourth-order valence-electron chi connectivity index (χ4n) is 10.3. The first-order valence-corrected chi connectivity index (χ1v) is 23.0. The Labute approximate surface area is 392 Å². The van der Waals surface area contributed by atoms with Crippen LogP contribution in [0, 0.1) is 0 Å².